The molecular formula is C18H24ClNO3. The Morgan fingerprint density at radius 1 is 1.26 bits per heavy atom. The largest absolute Gasteiger partial charge is 0.484 e. The molecule has 1 spiro atoms. The average Bonchev–Trinajstić information content (AvgIpc) is 2.93. The smallest absolute Gasteiger partial charge is 0.262 e. The number of hydrogen-bond donors (Lipinski definition) is 0. The van der Waals surface area contributed by atoms with Gasteiger partial charge < -0.3 is 14.4 Å². The molecule has 1 saturated carbocycles. The van der Waals surface area contributed by atoms with Crippen LogP contribution in [0.1, 0.15) is 43.2 Å². The van der Waals surface area contributed by atoms with Gasteiger partial charge in [0.15, 0.2) is 6.61 Å². The molecule has 5 heteroatoms. The van der Waals surface area contributed by atoms with Gasteiger partial charge in [-0.3, -0.25) is 4.79 Å². The molecule has 0 unspecified atom stereocenters. The molecule has 4 nitrogen and oxygen atoms in total. The van der Waals surface area contributed by atoms with Crippen LogP contribution in [0.5, 0.6) is 5.75 Å². The van der Waals surface area contributed by atoms with E-state index in [-0.39, 0.29) is 18.2 Å². The molecule has 2 fully saturated rings. The molecule has 0 bridgehead atoms. The summed E-state index contributed by atoms with van der Waals surface area (Å²) in [6, 6.07) is 3.75. The molecule has 1 aromatic carbocycles. The Balaban J connectivity index is 1.65. The molecule has 0 N–H and O–H groups in total. The summed E-state index contributed by atoms with van der Waals surface area (Å²) < 4.78 is 11.7. The van der Waals surface area contributed by atoms with Gasteiger partial charge in [-0.1, -0.05) is 18.0 Å². The van der Waals surface area contributed by atoms with E-state index in [1.807, 2.05) is 30.9 Å². The molecule has 1 aliphatic carbocycles. The summed E-state index contributed by atoms with van der Waals surface area (Å²) in [6.07, 6.45) is 5.36. The van der Waals surface area contributed by atoms with Crippen LogP contribution in [0, 0.1) is 13.8 Å². The lowest BCUT2D eigenvalue weighted by Gasteiger charge is -2.39. The molecular weight excluding hydrogens is 314 g/mol. The van der Waals surface area contributed by atoms with E-state index in [0.717, 1.165) is 41.8 Å². The van der Waals surface area contributed by atoms with E-state index in [4.69, 9.17) is 21.1 Å². The number of carbonyl (C=O) groups is 1. The van der Waals surface area contributed by atoms with Gasteiger partial charge in [-0.25, -0.2) is 0 Å². The van der Waals surface area contributed by atoms with Crippen molar-refractivity contribution in [2.45, 2.75) is 51.7 Å². The first-order valence-electron chi connectivity index (χ1n) is 8.36. The van der Waals surface area contributed by atoms with E-state index in [9.17, 15) is 4.79 Å². The Morgan fingerprint density at radius 2 is 1.91 bits per heavy atom. The zero-order valence-electron chi connectivity index (χ0n) is 13.9. The highest BCUT2D eigenvalue weighted by Crippen LogP contribution is 2.38. The fourth-order valence-corrected chi connectivity index (χ4v) is 3.80. The van der Waals surface area contributed by atoms with Crippen LogP contribution in [0.3, 0.4) is 0 Å². The van der Waals surface area contributed by atoms with Gasteiger partial charge in [-0.15, -0.1) is 0 Å². The van der Waals surface area contributed by atoms with E-state index in [0.29, 0.717) is 18.9 Å². The molecule has 1 amide bonds. The molecule has 0 radical (unpaired) electrons. The predicted octanol–water partition coefficient (Wildman–Crippen LogP) is 3.85. The molecule has 1 aliphatic heterocycles. The summed E-state index contributed by atoms with van der Waals surface area (Å²) in [5.41, 5.74) is 1.55. The van der Waals surface area contributed by atoms with Crippen LogP contribution in [0.4, 0.5) is 0 Å². The number of ether oxygens (including phenoxy) is 2. The number of amides is 1. The zero-order chi connectivity index (χ0) is 16.4. The van der Waals surface area contributed by atoms with E-state index < -0.39 is 0 Å². The number of carbonyl (C=O) groups excluding carboxylic acids is 1. The molecule has 1 saturated heterocycles. The van der Waals surface area contributed by atoms with Crippen LogP contribution < -0.4 is 4.74 Å². The van der Waals surface area contributed by atoms with Crippen LogP contribution in [-0.4, -0.2) is 36.3 Å². The maximum atomic E-state index is 12.6. The average molecular weight is 338 g/mol. The van der Waals surface area contributed by atoms with Crippen LogP contribution in [0.15, 0.2) is 12.1 Å². The Morgan fingerprint density at radius 3 is 2.57 bits per heavy atom. The third kappa shape index (κ3) is 3.33. The van der Waals surface area contributed by atoms with E-state index in [2.05, 4.69) is 0 Å². The first-order valence-corrected chi connectivity index (χ1v) is 8.74. The topological polar surface area (TPSA) is 38.8 Å². The Labute approximate surface area is 142 Å². The number of nitrogens with zero attached hydrogens (tertiary/aromatic N) is 1. The van der Waals surface area contributed by atoms with Gasteiger partial charge in [0.2, 0.25) is 0 Å². The number of rotatable bonds is 3. The fourth-order valence-electron chi connectivity index (χ4n) is 3.69. The third-order valence-corrected chi connectivity index (χ3v) is 5.48. The lowest BCUT2D eigenvalue weighted by molar-refractivity contribution is -0.157. The van der Waals surface area contributed by atoms with Crippen molar-refractivity contribution in [3.05, 3.63) is 28.3 Å². The first kappa shape index (κ1) is 16.6. The van der Waals surface area contributed by atoms with Crippen LogP contribution in [-0.2, 0) is 9.53 Å². The van der Waals surface area contributed by atoms with Crippen LogP contribution in [0.2, 0.25) is 5.02 Å². The highest BCUT2D eigenvalue weighted by Gasteiger charge is 2.45. The SMILES string of the molecule is Cc1cc(OCC(=O)N2CCOC23CCCCC3)cc(C)c1Cl. The summed E-state index contributed by atoms with van der Waals surface area (Å²) in [5, 5.41) is 0.748. The van der Waals surface area contributed by atoms with Crippen molar-refractivity contribution in [1.82, 2.24) is 4.90 Å². The minimum atomic E-state index is -0.371. The number of aryl methyl sites for hydroxylation is 2. The quantitative estimate of drug-likeness (QED) is 0.840. The van der Waals surface area contributed by atoms with Crippen molar-refractivity contribution in [2.24, 2.45) is 0 Å². The molecule has 1 heterocycles. The number of hydrogen-bond acceptors (Lipinski definition) is 3. The lowest BCUT2D eigenvalue weighted by Crippen LogP contribution is -2.50. The Kier molecular flexibility index (Phi) is 4.83. The van der Waals surface area contributed by atoms with E-state index >= 15 is 0 Å². The van der Waals surface area contributed by atoms with Gasteiger partial charge in [0, 0.05) is 11.6 Å². The Bertz CT molecular complexity index is 573. The van der Waals surface area contributed by atoms with Crippen molar-refractivity contribution in [3.8, 4) is 5.75 Å². The molecule has 1 aromatic rings. The van der Waals surface area contributed by atoms with Crippen molar-refractivity contribution < 1.29 is 14.3 Å². The zero-order valence-corrected chi connectivity index (χ0v) is 14.6. The molecule has 126 valence electrons. The summed E-state index contributed by atoms with van der Waals surface area (Å²) in [5.74, 6) is 0.699. The highest BCUT2D eigenvalue weighted by atomic mass is 35.5. The van der Waals surface area contributed by atoms with Gasteiger partial charge >= 0.3 is 0 Å². The second-order valence-corrected chi connectivity index (χ2v) is 6.94. The number of benzene rings is 1. The van der Waals surface area contributed by atoms with E-state index in [1.54, 1.807) is 0 Å². The maximum Gasteiger partial charge on any atom is 0.262 e. The molecule has 23 heavy (non-hydrogen) atoms. The monoisotopic (exact) mass is 337 g/mol. The molecule has 0 atom stereocenters. The second-order valence-electron chi connectivity index (χ2n) is 6.56. The van der Waals surface area contributed by atoms with Gasteiger partial charge in [0.25, 0.3) is 5.91 Å². The third-order valence-electron chi connectivity index (χ3n) is 4.89. The van der Waals surface area contributed by atoms with Crippen molar-refractivity contribution in [3.63, 3.8) is 0 Å². The second kappa shape index (κ2) is 6.70. The molecule has 0 aromatic heterocycles. The lowest BCUT2D eigenvalue weighted by atomic mass is 9.90. The highest BCUT2D eigenvalue weighted by molar-refractivity contribution is 6.32. The van der Waals surface area contributed by atoms with Gasteiger partial charge in [0.1, 0.15) is 11.5 Å². The van der Waals surface area contributed by atoms with Gasteiger partial charge in [-0.2, -0.15) is 0 Å². The van der Waals surface area contributed by atoms with Gasteiger partial charge in [0.05, 0.1) is 6.61 Å². The van der Waals surface area contributed by atoms with Gasteiger partial charge in [-0.05, 0) is 62.8 Å². The number of halogens is 1. The first-order chi connectivity index (χ1) is 11.0. The van der Waals surface area contributed by atoms with Crippen molar-refractivity contribution in [1.29, 1.82) is 0 Å². The van der Waals surface area contributed by atoms with Crippen LogP contribution in [0.25, 0.3) is 0 Å². The summed E-state index contributed by atoms with van der Waals surface area (Å²) in [7, 11) is 0. The normalized spacial score (nSPS) is 20.0. The minimum Gasteiger partial charge on any atom is -0.484 e. The molecule has 2 aliphatic rings. The maximum absolute atomic E-state index is 12.6. The summed E-state index contributed by atoms with van der Waals surface area (Å²) in [6.45, 7) is 5.22. The van der Waals surface area contributed by atoms with Crippen LogP contribution >= 0.6 is 11.6 Å². The standard InChI is InChI=1S/C18H24ClNO3/c1-13-10-15(11-14(2)17(13)19)22-12-16(21)20-8-9-23-18(20)6-4-3-5-7-18/h10-11H,3-9,12H2,1-2H3. The predicted molar refractivity (Wildman–Crippen MR) is 89.9 cm³/mol. The van der Waals surface area contributed by atoms with Crippen molar-refractivity contribution in [2.75, 3.05) is 19.8 Å². The van der Waals surface area contributed by atoms with E-state index in [1.165, 1.54) is 6.42 Å². The Hall–Kier alpha value is -1.26. The summed E-state index contributed by atoms with van der Waals surface area (Å²) in [4.78, 5) is 14.5. The molecule has 3 rings (SSSR count). The minimum absolute atomic E-state index is 0.00894. The fraction of sp³-hybridized carbons (Fsp3) is 0.611. The van der Waals surface area contributed by atoms with Crippen molar-refractivity contribution >= 4 is 17.5 Å². The summed E-state index contributed by atoms with van der Waals surface area (Å²) >= 11 is 6.17.